The molecule has 6 rings (SSSR count). The second-order valence-corrected chi connectivity index (χ2v) is 11.9. The second-order valence-electron chi connectivity index (χ2n) is 11.5. The number of carbonyl (C=O) groups excluding carboxylic acids is 1. The molecule has 5 heterocycles. The average molecular weight is 774 g/mol. The van der Waals surface area contributed by atoms with Crippen molar-refractivity contribution in [1.29, 1.82) is 0 Å². The number of hydrogen-bond acceptors (Lipinski definition) is 8. The fraction of sp³-hybridized carbons (Fsp3) is 0.290. The van der Waals surface area contributed by atoms with E-state index in [1.165, 1.54) is 47.4 Å². The molecule has 1 aromatic carbocycles. The smallest absolute Gasteiger partial charge is 0.475 e. The number of carbonyl (C=O) groups is 2. The standard InChI is InChI=1S/C29H23ClF5N9O2.C2HF3O2/c1-15-3-2-4-23(20-9-16(7-8-36-20)26-21(39-27(15)46)12-38-44(26)28(31)32)42-14-37-19(11-25(42)45)18-10-17(30)5-6-22(18)43-13-24(40-41-43)29(33,34)35;3-2(4,5)1(6)7/h5-15,23,28H,2-4H2,1H3,(H,39,46);(H,6,7)/t15-,23+;/m1./s1. The van der Waals surface area contributed by atoms with Crippen LogP contribution in [0.15, 0.2) is 66.1 Å². The van der Waals surface area contributed by atoms with Crippen molar-refractivity contribution in [2.45, 2.75) is 51.1 Å². The lowest BCUT2D eigenvalue weighted by atomic mass is 9.97. The number of pyridine rings is 1. The summed E-state index contributed by atoms with van der Waals surface area (Å²) in [6.07, 6.45) is -3.97. The zero-order valence-corrected chi connectivity index (χ0v) is 27.5. The van der Waals surface area contributed by atoms with Crippen LogP contribution in [-0.4, -0.2) is 62.5 Å². The molecular weight excluding hydrogens is 750 g/mol. The molecule has 2 bridgehead atoms. The van der Waals surface area contributed by atoms with E-state index in [4.69, 9.17) is 21.5 Å². The van der Waals surface area contributed by atoms with Gasteiger partial charge in [-0.05, 0) is 43.2 Å². The summed E-state index contributed by atoms with van der Waals surface area (Å²) >= 11 is 6.20. The molecule has 1 aliphatic rings. The SMILES string of the molecule is C[C@@H]1CCC[C@H](n2cnc(-c3cc(Cl)ccc3-n3cc(C(F)(F)F)nn3)cc2=O)c2cc(ccn2)-c2c(cnn2C(F)F)NC1=O.O=C(O)C(F)(F)F. The summed E-state index contributed by atoms with van der Waals surface area (Å²) in [5, 5.41) is 20.6. The van der Waals surface area contributed by atoms with Crippen molar-refractivity contribution in [2.75, 3.05) is 5.32 Å². The molecule has 1 amide bonds. The third-order valence-electron chi connectivity index (χ3n) is 7.88. The molecule has 0 fully saturated rings. The summed E-state index contributed by atoms with van der Waals surface area (Å²) in [6.45, 7) is -1.28. The highest BCUT2D eigenvalue weighted by molar-refractivity contribution is 6.31. The number of aromatic nitrogens is 8. The molecule has 2 N–H and O–H groups in total. The molecule has 4 aromatic heterocycles. The topological polar surface area (TPSA) is 163 Å². The Bertz CT molecular complexity index is 2200. The van der Waals surface area contributed by atoms with Crippen LogP contribution < -0.4 is 10.9 Å². The molecule has 13 nitrogen and oxygen atoms in total. The van der Waals surface area contributed by atoms with Crippen molar-refractivity contribution in [3.63, 3.8) is 0 Å². The number of nitrogens with zero attached hydrogens (tertiary/aromatic N) is 8. The number of anilines is 1. The maximum Gasteiger partial charge on any atom is 0.490 e. The average Bonchev–Trinajstić information content (AvgIpc) is 3.75. The largest absolute Gasteiger partial charge is 0.490 e. The van der Waals surface area contributed by atoms with Gasteiger partial charge in [0.2, 0.25) is 5.91 Å². The molecule has 2 atom stereocenters. The lowest BCUT2D eigenvalue weighted by Crippen LogP contribution is -2.27. The number of carboxylic acid groups (broad SMARTS) is 1. The minimum absolute atomic E-state index is 0.0189. The normalized spacial score (nSPS) is 16.5. The highest BCUT2D eigenvalue weighted by Gasteiger charge is 2.38. The molecule has 22 heteroatoms. The van der Waals surface area contributed by atoms with Crippen LogP contribution in [0.3, 0.4) is 0 Å². The molecule has 0 saturated heterocycles. The molecule has 5 aromatic rings. The van der Waals surface area contributed by atoms with E-state index in [0.717, 1.165) is 10.9 Å². The minimum atomic E-state index is -5.08. The van der Waals surface area contributed by atoms with E-state index in [1.54, 1.807) is 13.0 Å². The molecule has 0 spiro atoms. The number of hydrogen-bond donors (Lipinski definition) is 2. The first-order valence-corrected chi connectivity index (χ1v) is 15.5. The van der Waals surface area contributed by atoms with Crippen molar-refractivity contribution in [1.82, 2.24) is 39.3 Å². The molecule has 0 saturated carbocycles. The lowest BCUT2D eigenvalue weighted by molar-refractivity contribution is -0.192. The van der Waals surface area contributed by atoms with E-state index in [-0.39, 0.29) is 39.3 Å². The van der Waals surface area contributed by atoms with Gasteiger partial charge in [-0.1, -0.05) is 30.2 Å². The maximum atomic E-state index is 13.9. The number of carboxylic acids is 1. The maximum absolute atomic E-state index is 13.9. The number of alkyl halides is 8. The molecule has 1 aliphatic heterocycles. The Morgan fingerprint density at radius 3 is 2.38 bits per heavy atom. The number of aliphatic carboxylic acids is 1. The Morgan fingerprint density at radius 2 is 1.75 bits per heavy atom. The first-order valence-electron chi connectivity index (χ1n) is 15.2. The van der Waals surface area contributed by atoms with E-state index >= 15 is 0 Å². The molecule has 0 radical (unpaired) electrons. The summed E-state index contributed by atoms with van der Waals surface area (Å²) in [7, 11) is 0. The summed E-state index contributed by atoms with van der Waals surface area (Å²) in [6, 6.07) is 7.87. The fourth-order valence-electron chi connectivity index (χ4n) is 5.32. The Kier molecular flexibility index (Phi) is 11.0. The summed E-state index contributed by atoms with van der Waals surface area (Å²) < 4.78 is 102. The minimum Gasteiger partial charge on any atom is -0.475 e. The third kappa shape index (κ3) is 8.67. The van der Waals surface area contributed by atoms with Crippen LogP contribution in [0.25, 0.3) is 28.2 Å². The number of benzene rings is 1. The van der Waals surface area contributed by atoms with E-state index in [0.29, 0.717) is 41.4 Å². The molecule has 0 aliphatic carbocycles. The highest BCUT2D eigenvalue weighted by atomic mass is 35.5. The van der Waals surface area contributed by atoms with Crippen molar-refractivity contribution in [2.24, 2.45) is 5.92 Å². The highest BCUT2D eigenvalue weighted by Crippen LogP contribution is 2.35. The number of amides is 1. The van der Waals surface area contributed by atoms with Gasteiger partial charge in [0.15, 0.2) is 5.69 Å². The van der Waals surface area contributed by atoms with Gasteiger partial charge in [-0.25, -0.2) is 19.1 Å². The predicted molar refractivity (Wildman–Crippen MR) is 169 cm³/mol. The van der Waals surface area contributed by atoms with Crippen molar-refractivity contribution >= 4 is 29.2 Å². The van der Waals surface area contributed by atoms with E-state index < -0.39 is 48.1 Å². The Hall–Kier alpha value is -5.73. The number of fused-ring (bicyclic) bond motifs is 4. The van der Waals surface area contributed by atoms with Crippen LogP contribution in [0, 0.1) is 5.92 Å². The van der Waals surface area contributed by atoms with Gasteiger partial charge in [-0.2, -0.15) is 40.2 Å². The van der Waals surface area contributed by atoms with Crippen LogP contribution in [0.5, 0.6) is 0 Å². The second kappa shape index (κ2) is 15.1. The quantitative estimate of drug-likeness (QED) is 0.187. The number of halogens is 9. The van der Waals surface area contributed by atoms with Crippen molar-refractivity contribution in [3.8, 4) is 28.2 Å². The van der Waals surface area contributed by atoms with Crippen molar-refractivity contribution < 1.29 is 49.8 Å². The fourth-order valence-corrected chi connectivity index (χ4v) is 5.49. The van der Waals surface area contributed by atoms with Gasteiger partial charge in [0.05, 0.1) is 53.2 Å². The van der Waals surface area contributed by atoms with Crippen molar-refractivity contribution in [3.05, 3.63) is 88.1 Å². The van der Waals surface area contributed by atoms with Crippen LogP contribution in [-0.2, 0) is 15.8 Å². The summed E-state index contributed by atoms with van der Waals surface area (Å²) in [5.74, 6) is -3.61. The van der Waals surface area contributed by atoms with E-state index in [1.807, 2.05) is 0 Å². The van der Waals surface area contributed by atoms with Gasteiger partial charge in [-0.15, -0.1) is 5.10 Å². The van der Waals surface area contributed by atoms with Gasteiger partial charge in [0, 0.05) is 34.3 Å². The Morgan fingerprint density at radius 1 is 1.04 bits per heavy atom. The van der Waals surface area contributed by atoms with E-state index in [2.05, 4.69) is 30.7 Å². The summed E-state index contributed by atoms with van der Waals surface area (Å²) in [4.78, 5) is 44.3. The van der Waals surface area contributed by atoms with Crippen LogP contribution in [0.1, 0.15) is 50.2 Å². The van der Waals surface area contributed by atoms with Gasteiger partial charge >= 0.3 is 24.9 Å². The zero-order chi connectivity index (χ0) is 38.8. The van der Waals surface area contributed by atoms with Crippen LogP contribution in [0.2, 0.25) is 5.02 Å². The monoisotopic (exact) mass is 773 g/mol. The number of nitrogens with one attached hydrogen (secondary N) is 1. The third-order valence-corrected chi connectivity index (χ3v) is 8.11. The zero-order valence-electron chi connectivity index (χ0n) is 26.8. The molecular formula is C31H24ClF8N9O4. The molecule has 280 valence electrons. The molecule has 0 unspecified atom stereocenters. The van der Waals surface area contributed by atoms with Gasteiger partial charge in [0.25, 0.3) is 5.56 Å². The number of rotatable bonds is 4. The first-order chi connectivity index (χ1) is 24.8. The van der Waals surface area contributed by atoms with Crippen LogP contribution in [0.4, 0.5) is 40.8 Å². The summed E-state index contributed by atoms with van der Waals surface area (Å²) in [5.41, 5.74) is -0.484. The van der Waals surface area contributed by atoms with E-state index in [9.17, 15) is 44.7 Å². The first kappa shape index (κ1) is 38.5. The predicted octanol–water partition coefficient (Wildman–Crippen LogP) is 6.80. The van der Waals surface area contributed by atoms with Crippen LogP contribution >= 0.6 is 11.6 Å². The van der Waals surface area contributed by atoms with Gasteiger partial charge in [-0.3, -0.25) is 19.1 Å². The van der Waals surface area contributed by atoms with Gasteiger partial charge in [0.1, 0.15) is 0 Å². The Labute approximate surface area is 296 Å². The Balaban J connectivity index is 0.000000705. The lowest BCUT2D eigenvalue weighted by Gasteiger charge is -2.22. The van der Waals surface area contributed by atoms with Gasteiger partial charge < -0.3 is 10.4 Å². The molecule has 53 heavy (non-hydrogen) atoms.